The summed E-state index contributed by atoms with van der Waals surface area (Å²) in [6.45, 7) is 1.75. The number of rotatable bonds is 5. The second-order valence-electron chi connectivity index (χ2n) is 9.73. The molecule has 0 spiro atoms. The number of anilines is 1. The molecule has 0 bridgehead atoms. The third-order valence-corrected chi connectivity index (χ3v) is 7.24. The number of amides is 1. The fourth-order valence-electron chi connectivity index (χ4n) is 5.40. The second-order valence-corrected chi connectivity index (χ2v) is 9.73. The van der Waals surface area contributed by atoms with Crippen molar-refractivity contribution in [3.05, 3.63) is 118 Å². The quantitative estimate of drug-likeness (QED) is 0.383. The fraction of sp³-hybridized carbons (Fsp3) is 0.226. The number of dihydropyridines is 1. The molecule has 0 fully saturated rings. The van der Waals surface area contributed by atoms with Gasteiger partial charge in [0.15, 0.2) is 5.78 Å². The lowest BCUT2D eigenvalue weighted by Crippen LogP contribution is -2.37. The summed E-state index contributed by atoms with van der Waals surface area (Å²) in [6.07, 6.45) is -3.66. The number of carbonyl (C=O) groups excluding carboxylic acids is 2. The van der Waals surface area contributed by atoms with Gasteiger partial charge in [0.2, 0.25) is 0 Å². The van der Waals surface area contributed by atoms with Gasteiger partial charge in [-0.3, -0.25) is 9.59 Å². The molecule has 2 atom stereocenters. The predicted octanol–water partition coefficient (Wildman–Crippen LogP) is 6.71. The molecular formula is C31H27F3N2O3. The van der Waals surface area contributed by atoms with Crippen molar-refractivity contribution in [2.75, 3.05) is 12.4 Å². The Bertz CT molecular complexity index is 1470. The van der Waals surface area contributed by atoms with Gasteiger partial charge in [0.25, 0.3) is 5.91 Å². The molecule has 1 aliphatic carbocycles. The Morgan fingerprint density at radius 2 is 1.67 bits per heavy atom. The summed E-state index contributed by atoms with van der Waals surface area (Å²) in [6, 6.07) is 21.5. The monoisotopic (exact) mass is 532 g/mol. The standard InChI is InChI=1S/C31H27F3N2O3/c1-18-27(30(38)36-23-10-6-9-22(17-23)31(32,33)34)28(20-11-13-24(39-2)14-12-20)29-25(35-18)15-21(16-26(29)37)19-7-4-3-5-8-19/h3-14,17,21,28,35H,15-16H2,1-2H3,(H,36,38)/t21-,28+/m1/s1. The minimum absolute atomic E-state index is 0.00486. The first-order valence-corrected chi connectivity index (χ1v) is 12.6. The third kappa shape index (κ3) is 5.32. The lowest BCUT2D eigenvalue weighted by Gasteiger charge is -2.37. The minimum Gasteiger partial charge on any atom is -0.497 e. The van der Waals surface area contributed by atoms with Gasteiger partial charge in [0.1, 0.15) is 5.75 Å². The first kappa shape index (κ1) is 26.3. The Labute approximate surface area is 224 Å². The van der Waals surface area contributed by atoms with E-state index in [9.17, 15) is 22.8 Å². The van der Waals surface area contributed by atoms with Crippen LogP contribution in [-0.4, -0.2) is 18.8 Å². The number of ketones is 1. The molecule has 5 rings (SSSR count). The summed E-state index contributed by atoms with van der Waals surface area (Å²) < 4.78 is 45.1. The zero-order chi connectivity index (χ0) is 27.7. The highest BCUT2D eigenvalue weighted by Crippen LogP contribution is 2.46. The molecule has 0 radical (unpaired) electrons. The van der Waals surface area contributed by atoms with Gasteiger partial charge in [-0.05, 0) is 60.7 Å². The molecule has 3 aromatic carbocycles. The van der Waals surface area contributed by atoms with Crippen molar-refractivity contribution in [3.63, 3.8) is 0 Å². The van der Waals surface area contributed by atoms with Crippen LogP contribution in [0.25, 0.3) is 0 Å². The number of halogens is 3. The van der Waals surface area contributed by atoms with Crippen LogP contribution in [0.3, 0.4) is 0 Å². The molecule has 1 heterocycles. The molecule has 1 amide bonds. The molecule has 39 heavy (non-hydrogen) atoms. The van der Waals surface area contributed by atoms with Crippen molar-refractivity contribution in [1.82, 2.24) is 5.32 Å². The Morgan fingerprint density at radius 1 is 0.949 bits per heavy atom. The fourth-order valence-corrected chi connectivity index (χ4v) is 5.40. The van der Waals surface area contributed by atoms with Gasteiger partial charge in [0, 0.05) is 40.6 Å². The van der Waals surface area contributed by atoms with Crippen molar-refractivity contribution in [1.29, 1.82) is 0 Å². The van der Waals surface area contributed by atoms with Gasteiger partial charge in [-0.2, -0.15) is 13.2 Å². The van der Waals surface area contributed by atoms with Crippen molar-refractivity contribution >= 4 is 17.4 Å². The smallest absolute Gasteiger partial charge is 0.416 e. The number of hydrogen-bond acceptors (Lipinski definition) is 4. The summed E-state index contributed by atoms with van der Waals surface area (Å²) >= 11 is 0. The van der Waals surface area contributed by atoms with E-state index in [0.717, 1.165) is 23.4 Å². The zero-order valence-electron chi connectivity index (χ0n) is 21.4. The number of benzene rings is 3. The van der Waals surface area contributed by atoms with E-state index in [0.29, 0.717) is 35.4 Å². The van der Waals surface area contributed by atoms with E-state index in [1.807, 2.05) is 30.3 Å². The average Bonchev–Trinajstić information content (AvgIpc) is 2.92. The molecule has 3 aromatic rings. The number of alkyl halides is 3. The van der Waals surface area contributed by atoms with Crippen molar-refractivity contribution in [3.8, 4) is 5.75 Å². The van der Waals surface area contributed by atoms with Crippen LogP contribution in [0.2, 0.25) is 0 Å². The van der Waals surface area contributed by atoms with Crippen molar-refractivity contribution in [2.24, 2.45) is 0 Å². The number of methoxy groups -OCH3 is 1. The molecule has 1 aliphatic heterocycles. The molecule has 0 unspecified atom stereocenters. The highest BCUT2D eigenvalue weighted by Gasteiger charge is 2.41. The highest BCUT2D eigenvalue weighted by molar-refractivity contribution is 6.10. The summed E-state index contributed by atoms with van der Waals surface area (Å²) in [5.41, 5.74) is 3.02. The van der Waals surface area contributed by atoms with Crippen LogP contribution in [-0.2, 0) is 15.8 Å². The Hall–Kier alpha value is -4.33. The van der Waals surface area contributed by atoms with E-state index >= 15 is 0 Å². The van der Waals surface area contributed by atoms with Gasteiger partial charge in [0.05, 0.1) is 12.7 Å². The minimum atomic E-state index is -4.54. The van der Waals surface area contributed by atoms with Crippen molar-refractivity contribution in [2.45, 2.75) is 37.8 Å². The summed E-state index contributed by atoms with van der Waals surface area (Å²) in [5, 5.41) is 5.92. The van der Waals surface area contributed by atoms with Crippen LogP contribution < -0.4 is 15.4 Å². The Balaban J connectivity index is 1.54. The van der Waals surface area contributed by atoms with Gasteiger partial charge in [-0.25, -0.2) is 0 Å². The summed E-state index contributed by atoms with van der Waals surface area (Å²) in [4.78, 5) is 27.4. The average molecular weight is 533 g/mol. The number of hydrogen-bond donors (Lipinski definition) is 2. The van der Waals surface area contributed by atoms with Crippen LogP contribution in [0.1, 0.15) is 48.3 Å². The van der Waals surface area contributed by atoms with Crippen LogP contribution >= 0.6 is 0 Å². The summed E-state index contributed by atoms with van der Waals surface area (Å²) in [7, 11) is 1.55. The molecule has 0 saturated carbocycles. The van der Waals surface area contributed by atoms with Gasteiger partial charge >= 0.3 is 6.18 Å². The molecule has 0 aromatic heterocycles. The number of nitrogens with one attached hydrogen (secondary N) is 2. The van der Waals surface area contributed by atoms with Gasteiger partial charge in [-0.1, -0.05) is 48.5 Å². The number of Topliss-reactive ketones (excluding diaryl/α,β-unsaturated/α-hetero) is 1. The van der Waals surface area contributed by atoms with E-state index in [1.54, 1.807) is 38.3 Å². The van der Waals surface area contributed by atoms with E-state index in [4.69, 9.17) is 4.74 Å². The van der Waals surface area contributed by atoms with E-state index in [2.05, 4.69) is 10.6 Å². The van der Waals surface area contributed by atoms with Crippen LogP contribution in [0, 0.1) is 0 Å². The molecule has 2 N–H and O–H groups in total. The molecule has 5 nitrogen and oxygen atoms in total. The van der Waals surface area contributed by atoms with Crippen molar-refractivity contribution < 1.29 is 27.5 Å². The topological polar surface area (TPSA) is 67.4 Å². The molecule has 2 aliphatic rings. The second kappa shape index (κ2) is 10.4. The normalized spacial score (nSPS) is 19.4. The maximum atomic E-state index is 13.7. The lowest BCUT2D eigenvalue weighted by molar-refractivity contribution is -0.137. The zero-order valence-corrected chi connectivity index (χ0v) is 21.4. The third-order valence-electron chi connectivity index (χ3n) is 7.24. The lowest BCUT2D eigenvalue weighted by atomic mass is 9.71. The first-order valence-electron chi connectivity index (χ1n) is 12.6. The highest BCUT2D eigenvalue weighted by atomic mass is 19.4. The largest absolute Gasteiger partial charge is 0.497 e. The molecule has 0 saturated heterocycles. The first-order chi connectivity index (χ1) is 18.7. The van der Waals surface area contributed by atoms with E-state index < -0.39 is 23.6 Å². The maximum absolute atomic E-state index is 13.7. The molecule has 200 valence electrons. The van der Waals surface area contributed by atoms with E-state index in [1.165, 1.54) is 12.1 Å². The number of allylic oxidation sites excluding steroid dienone is 3. The van der Waals surface area contributed by atoms with E-state index in [-0.39, 0.29) is 23.0 Å². The van der Waals surface area contributed by atoms with Gasteiger partial charge < -0.3 is 15.4 Å². The van der Waals surface area contributed by atoms with Crippen LogP contribution in [0.4, 0.5) is 18.9 Å². The summed E-state index contributed by atoms with van der Waals surface area (Å²) in [5.74, 6) is -0.728. The predicted molar refractivity (Wildman–Crippen MR) is 142 cm³/mol. The molecule has 8 heteroatoms. The molecular weight excluding hydrogens is 505 g/mol. The van der Waals surface area contributed by atoms with Gasteiger partial charge in [-0.15, -0.1) is 0 Å². The Kier molecular flexibility index (Phi) is 7.04. The number of carbonyl (C=O) groups is 2. The Morgan fingerprint density at radius 3 is 2.33 bits per heavy atom. The SMILES string of the molecule is COc1ccc([C@H]2C(C(=O)Nc3cccc(C(F)(F)F)c3)=C(C)NC3=C2C(=O)C[C@H](c2ccccc2)C3)cc1. The number of ether oxygens (including phenoxy) is 1. The van der Waals surface area contributed by atoms with Crippen LogP contribution in [0.15, 0.2) is 101 Å². The van der Waals surface area contributed by atoms with Crippen LogP contribution in [0.5, 0.6) is 5.75 Å². The maximum Gasteiger partial charge on any atom is 0.416 e.